The first kappa shape index (κ1) is 17.5. The summed E-state index contributed by atoms with van der Waals surface area (Å²) < 4.78 is 28.6. The molecule has 2 aliphatic heterocycles. The highest BCUT2D eigenvalue weighted by atomic mass is 19.1. The average molecular weight is 342 g/mol. The first-order chi connectivity index (χ1) is 11.5. The number of halogens is 2. The maximum Gasteiger partial charge on any atom is 0.131 e. The summed E-state index contributed by atoms with van der Waals surface area (Å²) in [4.78, 5) is 3.68. The SMILES string of the molecule is OC1[C@H](O)CN(CCc2c(F)cc(N3CCCC3)cc2F)C[C@@H]1O. The molecule has 0 radical (unpaired) electrons. The second-order valence-electron chi connectivity index (χ2n) is 6.72. The fourth-order valence-electron chi connectivity index (χ4n) is 3.51. The van der Waals surface area contributed by atoms with Crippen LogP contribution in [0.25, 0.3) is 0 Å². The lowest BCUT2D eigenvalue weighted by atomic mass is 10.0. The summed E-state index contributed by atoms with van der Waals surface area (Å²) in [6, 6.07) is 2.76. The fourth-order valence-corrected chi connectivity index (χ4v) is 3.51. The predicted molar refractivity (Wildman–Crippen MR) is 86.0 cm³/mol. The molecule has 0 aliphatic carbocycles. The van der Waals surface area contributed by atoms with Crippen molar-refractivity contribution in [2.45, 2.75) is 37.6 Å². The minimum absolute atomic E-state index is 0.0213. The molecule has 7 heteroatoms. The van der Waals surface area contributed by atoms with Crippen LogP contribution in [-0.2, 0) is 6.42 Å². The number of piperidine rings is 1. The van der Waals surface area contributed by atoms with E-state index in [0.29, 0.717) is 12.2 Å². The van der Waals surface area contributed by atoms with Crippen LogP contribution in [0.2, 0.25) is 0 Å². The quantitative estimate of drug-likeness (QED) is 0.744. The Labute approximate surface area is 140 Å². The second-order valence-corrected chi connectivity index (χ2v) is 6.72. The Morgan fingerprint density at radius 2 is 1.50 bits per heavy atom. The van der Waals surface area contributed by atoms with Crippen LogP contribution in [0.15, 0.2) is 12.1 Å². The molecule has 5 nitrogen and oxygen atoms in total. The lowest BCUT2D eigenvalue weighted by Crippen LogP contribution is -2.55. The van der Waals surface area contributed by atoms with Gasteiger partial charge in [0.15, 0.2) is 0 Å². The van der Waals surface area contributed by atoms with E-state index in [1.165, 1.54) is 12.1 Å². The van der Waals surface area contributed by atoms with Crippen LogP contribution in [0.1, 0.15) is 18.4 Å². The van der Waals surface area contributed by atoms with Gasteiger partial charge >= 0.3 is 0 Å². The van der Waals surface area contributed by atoms with Crippen LogP contribution in [0, 0.1) is 11.6 Å². The highest BCUT2D eigenvalue weighted by Gasteiger charge is 2.33. The highest BCUT2D eigenvalue weighted by molar-refractivity contribution is 5.49. The minimum Gasteiger partial charge on any atom is -0.389 e. The molecule has 2 aliphatic rings. The van der Waals surface area contributed by atoms with Crippen molar-refractivity contribution >= 4 is 5.69 Å². The zero-order valence-electron chi connectivity index (χ0n) is 13.5. The fraction of sp³-hybridized carbons (Fsp3) is 0.647. The molecular weight excluding hydrogens is 318 g/mol. The van der Waals surface area contributed by atoms with Crippen molar-refractivity contribution in [2.75, 3.05) is 37.6 Å². The van der Waals surface area contributed by atoms with Crippen LogP contribution in [0.5, 0.6) is 0 Å². The number of hydrogen-bond donors (Lipinski definition) is 3. The van der Waals surface area contributed by atoms with Gasteiger partial charge in [-0.2, -0.15) is 0 Å². The highest BCUT2D eigenvalue weighted by Crippen LogP contribution is 2.26. The molecule has 0 saturated carbocycles. The third kappa shape index (κ3) is 3.69. The van der Waals surface area contributed by atoms with E-state index in [1.54, 1.807) is 4.90 Å². The van der Waals surface area contributed by atoms with E-state index in [9.17, 15) is 24.1 Å². The Bertz CT molecular complexity index is 546. The van der Waals surface area contributed by atoms with E-state index >= 15 is 0 Å². The third-order valence-corrected chi connectivity index (χ3v) is 4.95. The zero-order chi connectivity index (χ0) is 17.3. The largest absolute Gasteiger partial charge is 0.389 e. The number of aliphatic hydroxyl groups excluding tert-OH is 3. The maximum absolute atomic E-state index is 14.3. The molecule has 1 aromatic carbocycles. The Balaban J connectivity index is 1.65. The molecule has 2 heterocycles. The summed E-state index contributed by atoms with van der Waals surface area (Å²) in [7, 11) is 0. The number of aliphatic hydroxyl groups is 3. The standard InChI is InChI=1S/C17H24F2N2O3/c18-13-7-11(21-4-1-2-5-21)8-14(19)12(13)3-6-20-9-15(22)17(24)16(23)10-20/h7-8,15-17,22-24H,1-6,9-10H2/t15-,16+,17?. The Morgan fingerprint density at radius 1 is 0.958 bits per heavy atom. The monoisotopic (exact) mass is 342 g/mol. The van der Waals surface area contributed by atoms with E-state index in [4.69, 9.17) is 0 Å². The van der Waals surface area contributed by atoms with Crippen molar-refractivity contribution in [2.24, 2.45) is 0 Å². The van der Waals surface area contributed by atoms with Crippen molar-refractivity contribution in [3.63, 3.8) is 0 Å². The molecule has 2 fully saturated rings. The number of rotatable bonds is 4. The number of nitrogens with zero attached hydrogens (tertiary/aromatic N) is 2. The van der Waals surface area contributed by atoms with Gasteiger partial charge in [0, 0.05) is 44.0 Å². The van der Waals surface area contributed by atoms with Gasteiger partial charge in [-0.1, -0.05) is 0 Å². The molecule has 3 atom stereocenters. The molecule has 3 rings (SSSR count). The number of hydrogen-bond acceptors (Lipinski definition) is 5. The molecule has 0 aromatic heterocycles. The number of benzene rings is 1. The van der Waals surface area contributed by atoms with Crippen molar-refractivity contribution in [3.05, 3.63) is 29.3 Å². The van der Waals surface area contributed by atoms with Crippen LogP contribution in [0.3, 0.4) is 0 Å². The topological polar surface area (TPSA) is 67.2 Å². The molecule has 0 bridgehead atoms. The molecule has 0 spiro atoms. The van der Waals surface area contributed by atoms with Crippen LogP contribution in [0.4, 0.5) is 14.5 Å². The molecule has 2 saturated heterocycles. The first-order valence-electron chi connectivity index (χ1n) is 8.45. The number of β-amino-alcohol motifs (C(OH)–C–C–N with tert-alkyl or cyclic N) is 2. The van der Waals surface area contributed by atoms with Crippen LogP contribution >= 0.6 is 0 Å². The smallest absolute Gasteiger partial charge is 0.131 e. The minimum atomic E-state index is -1.17. The van der Waals surface area contributed by atoms with Gasteiger partial charge in [-0.25, -0.2) is 8.78 Å². The van der Waals surface area contributed by atoms with E-state index in [2.05, 4.69) is 0 Å². The van der Waals surface area contributed by atoms with Gasteiger partial charge in [0.25, 0.3) is 0 Å². The molecule has 1 unspecified atom stereocenters. The molecule has 0 amide bonds. The summed E-state index contributed by atoms with van der Waals surface area (Å²) >= 11 is 0. The third-order valence-electron chi connectivity index (χ3n) is 4.95. The second kappa shape index (κ2) is 7.31. The first-order valence-corrected chi connectivity index (χ1v) is 8.45. The van der Waals surface area contributed by atoms with E-state index in [0.717, 1.165) is 25.9 Å². The Morgan fingerprint density at radius 3 is 2.04 bits per heavy atom. The molecular formula is C17H24F2N2O3. The summed E-state index contributed by atoms with van der Waals surface area (Å²) in [5, 5.41) is 28.9. The summed E-state index contributed by atoms with van der Waals surface area (Å²) in [5.41, 5.74) is 0.603. The van der Waals surface area contributed by atoms with E-state index in [-0.39, 0.29) is 25.1 Å². The van der Waals surface area contributed by atoms with Gasteiger partial charge in [-0.3, -0.25) is 4.90 Å². The van der Waals surface area contributed by atoms with Gasteiger partial charge in [0.1, 0.15) is 17.7 Å². The molecule has 3 N–H and O–H groups in total. The number of anilines is 1. The summed E-state index contributed by atoms with van der Waals surface area (Å²) in [6.45, 7) is 2.30. The lowest BCUT2D eigenvalue weighted by molar-refractivity contribution is -0.109. The maximum atomic E-state index is 14.3. The van der Waals surface area contributed by atoms with Gasteiger partial charge in [0.2, 0.25) is 0 Å². The van der Waals surface area contributed by atoms with E-state index in [1.807, 2.05) is 4.90 Å². The van der Waals surface area contributed by atoms with Gasteiger partial charge in [-0.05, 0) is 31.4 Å². The molecule has 24 heavy (non-hydrogen) atoms. The van der Waals surface area contributed by atoms with Crippen molar-refractivity contribution in [3.8, 4) is 0 Å². The van der Waals surface area contributed by atoms with Crippen LogP contribution < -0.4 is 4.90 Å². The molecule has 1 aromatic rings. The van der Waals surface area contributed by atoms with Gasteiger partial charge < -0.3 is 20.2 Å². The Hall–Kier alpha value is -1.28. The Kier molecular flexibility index (Phi) is 5.34. The predicted octanol–water partition coefficient (Wildman–Crippen LogP) is 0.506. The summed E-state index contributed by atoms with van der Waals surface area (Å²) in [5.74, 6) is -1.12. The average Bonchev–Trinajstić information content (AvgIpc) is 3.06. The molecule has 134 valence electrons. The summed E-state index contributed by atoms with van der Waals surface area (Å²) in [6.07, 6.45) is -1.06. The van der Waals surface area contributed by atoms with Crippen molar-refractivity contribution < 1.29 is 24.1 Å². The lowest BCUT2D eigenvalue weighted by Gasteiger charge is -2.36. The normalized spacial score (nSPS) is 28.5. The zero-order valence-corrected chi connectivity index (χ0v) is 13.5. The van der Waals surface area contributed by atoms with Crippen LogP contribution in [-0.4, -0.2) is 71.3 Å². The van der Waals surface area contributed by atoms with Gasteiger partial charge in [0.05, 0.1) is 12.2 Å². The number of likely N-dealkylation sites (tertiary alicyclic amines) is 1. The van der Waals surface area contributed by atoms with Crippen molar-refractivity contribution in [1.82, 2.24) is 4.90 Å². The van der Waals surface area contributed by atoms with Gasteiger partial charge in [-0.15, -0.1) is 0 Å². The van der Waals surface area contributed by atoms with Crippen molar-refractivity contribution in [1.29, 1.82) is 0 Å². The van der Waals surface area contributed by atoms with E-state index < -0.39 is 29.9 Å².